The second kappa shape index (κ2) is 5.01. The van der Waals surface area contributed by atoms with Crippen LogP contribution in [0.15, 0.2) is 36.5 Å². The summed E-state index contributed by atoms with van der Waals surface area (Å²) in [5, 5.41) is 2.81. The number of fused-ring (bicyclic) bond motifs is 3. The molecule has 0 saturated heterocycles. The van der Waals surface area contributed by atoms with Gasteiger partial charge >= 0.3 is 0 Å². The molecular weight excluding hydrogens is 333 g/mol. The zero-order chi connectivity index (χ0) is 16.1. The maximum absolute atomic E-state index is 6.13. The van der Waals surface area contributed by atoms with Crippen molar-refractivity contribution in [3.8, 4) is 11.1 Å². The lowest BCUT2D eigenvalue weighted by molar-refractivity contribution is 1.25. The van der Waals surface area contributed by atoms with Gasteiger partial charge in [-0.15, -0.1) is 0 Å². The van der Waals surface area contributed by atoms with E-state index in [1.807, 2.05) is 24.3 Å². The number of nitrogen functional groups attached to an aromatic ring is 2. The zero-order valence-electron chi connectivity index (χ0n) is 11.8. The van der Waals surface area contributed by atoms with Gasteiger partial charge in [0.1, 0.15) is 5.82 Å². The highest BCUT2D eigenvalue weighted by Crippen LogP contribution is 2.37. The Bertz CT molecular complexity index is 1050. The first-order valence-corrected chi connectivity index (χ1v) is 7.57. The highest BCUT2D eigenvalue weighted by Gasteiger charge is 2.14. The molecule has 2 aromatic heterocycles. The van der Waals surface area contributed by atoms with Crippen LogP contribution in [-0.2, 0) is 0 Å². The molecule has 0 aliphatic rings. The summed E-state index contributed by atoms with van der Waals surface area (Å²) in [6.45, 7) is 0. The van der Waals surface area contributed by atoms with E-state index in [0.29, 0.717) is 15.9 Å². The Hall–Kier alpha value is -2.50. The van der Waals surface area contributed by atoms with E-state index < -0.39 is 0 Å². The Morgan fingerprint density at radius 2 is 1.74 bits per heavy atom. The van der Waals surface area contributed by atoms with Crippen molar-refractivity contribution in [2.24, 2.45) is 0 Å². The first-order valence-electron chi connectivity index (χ1n) is 6.82. The number of benzene rings is 2. The predicted molar refractivity (Wildman–Crippen MR) is 95.7 cm³/mol. The molecule has 0 atom stereocenters. The fourth-order valence-electron chi connectivity index (χ4n) is 2.84. The molecule has 4 aromatic rings. The number of hydrogen-bond donors (Lipinski definition) is 3. The molecule has 4 rings (SSSR count). The highest BCUT2D eigenvalue weighted by atomic mass is 35.5. The summed E-state index contributed by atoms with van der Waals surface area (Å²) in [5.41, 5.74) is 15.2. The van der Waals surface area contributed by atoms with Gasteiger partial charge in [0.25, 0.3) is 0 Å². The summed E-state index contributed by atoms with van der Waals surface area (Å²) in [6.07, 6.45) is 1.73. The topological polar surface area (TPSA) is 93.6 Å². The molecule has 0 fully saturated rings. The molecular formula is C16H11Cl2N5. The minimum atomic E-state index is 0.254. The van der Waals surface area contributed by atoms with Crippen LogP contribution in [0.2, 0.25) is 10.0 Å². The van der Waals surface area contributed by atoms with Gasteiger partial charge in [0.15, 0.2) is 5.95 Å². The third-order valence-corrected chi connectivity index (χ3v) is 4.15. The number of nitrogens with zero attached hydrogens (tertiary/aromatic N) is 2. The lowest BCUT2D eigenvalue weighted by Crippen LogP contribution is -2.01. The van der Waals surface area contributed by atoms with Gasteiger partial charge in [-0.05, 0) is 35.9 Å². The number of anilines is 2. The SMILES string of the molecule is Nc1nc(N)c2c(cc(-c3cc(Cl)cc(Cl)c3)c3nccc32)[nH]1. The Labute approximate surface area is 141 Å². The van der Waals surface area contributed by atoms with E-state index in [-0.39, 0.29) is 5.95 Å². The molecule has 2 heterocycles. The first kappa shape index (κ1) is 14.1. The van der Waals surface area contributed by atoms with Crippen LogP contribution in [0, 0.1) is 0 Å². The van der Waals surface area contributed by atoms with Gasteiger partial charge in [-0.1, -0.05) is 23.2 Å². The van der Waals surface area contributed by atoms with Crippen LogP contribution in [0.4, 0.5) is 11.8 Å². The van der Waals surface area contributed by atoms with E-state index in [2.05, 4.69) is 15.0 Å². The molecule has 5 nitrogen and oxygen atoms in total. The molecule has 0 radical (unpaired) electrons. The quantitative estimate of drug-likeness (QED) is 0.481. The van der Waals surface area contributed by atoms with Crippen LogP contribution < -0.4 is 11.5 Å². The van der Waals surface area contributed by atoms with Crippen molar-refractivity contribution in [2.75, 3.05) is 11.5 Å². The maximum atomic E-state index is 6.13. The van der Waals surface area contributed by atoms with Gasteiger partial charge in [0, 0.05) is 32.6 Å². The second-order valence-electron chi connectivity index (χ2n) is 5.22. The number of nitrogens with one attached hydrogen (secondary N) is 1. The molecule has 0 spiro atoms. The van der Waals surface area contributed by atoms with Gasteiger partial charge in [-0.2, -0.15) is 4.98 Å². The Kier molecular flexibility index (Phi) is 3.07. The van der Waals surface area contributed by atoms with Crippen molar-refractivity contribution in [1.29, 1.82) is 0 Å². The van der Waals surface area contributed by atoms with Gasteiger partial charge in [0.05, 0.1) is 11.0 Å². The molecule has 0 aliphatic carbocycles. The number of halogens is 2. The van der Waals surface area contributed by atoms with Crippen molar-refractivity contribution < 1.29 is 0 Å². The fraction of sp³-hybridized carbons (Fsp3) is 0. The van der Waals surface area contributed by atoms with Gasteiger partial charge in [0.2, 0.25) is 0 Å². The largest absolute Gasteiger partial charge is 0.383 e. The third kappa shape index (κ3) is 2.25. The molecule has 23 heavy (non-hydrogen) atoms. The van der Waals surface area contributed by atoms with E-state index in [1.54, 1.807) is 12.3 Å². The number of nitrogens with two attached hydrogens (primary N) is 2. The van der Waals surface area contributed by atoms with Crippen LogP contribution in [0.25, 0.3) is 32.9 Å². The third-order valence-electron chi connectivity index (χ3n) is 3.72. The van der Waals surface area contributed by atoms with Gasteiger partial charge in [-0.25, -0.2) is 0 Å². The highest BCUT2D eigenvalue weighted by molar-refractivity contribution is 6.35. The van der Waals surface area contributed by atoms with Crippen LogP contribution in [0.5, 0.6) is 0 Å². The Morgan fingerprint density at radius 1 is 1.00 bits per heavy atom. The molecule has 0 unspecified atom stereocenters. The van der Waals surface area contributed by atoms with E-state index in [4.69, 9.17) is 34.7 Å². The summed E-state index contributed by atoms with van der Waals surface area (Å²) < 4.78 is 0. The average Bonchev–Trinajstić information content (AvgIpc) is 2.93. The van der Waals surface area contributed by atoms with Crippen molar-refractivity contribution in [2.45, 2.75) is 0 Å². The molecule has 114 valence electrons. The standard InChI is InChI=1S/C16H11Cl2N5/c17-8-3-7(4-9(18)5-8)11-6-12-13(10-1-2-21-14(10)11)15(19)23-16(20)22-12/h1-6H,19H2,(H3,20,22,23). The van der Waals surface area contributed by atoms with Crippen LogP contribution in [0.3, 0.4) is 0 Å². The minimum Gasteiger partial charge on any atom is -0.383 e. The smallest absolute Gasteiger partial charge is 0.199 e. The predicted octanol–water partition coefficient (Wildman–Crippen LogP) is 4.25. The molecule has 0 saturated carbocycles. The number of aromatic nitrogens is 3. The van der Waals surface area contributed by atoms with Crippen LogP contribution in [-0.4, -0.2) is 15.0 Å². The molecule has 2 aromatic carbocycles. The zero-order valence-corrected chi connectivity index (χ0v) is 13.3. The summed E-state index contributed by atoms with van der Waals surface area (Å²) >= 11 is 12.3. The molecule has 0 bridgehead atoms. The summed E-state index contributed by atoms with van der Waals surface area (Å²) in [7, 11) is 0. The van der Waals surface area contributed by atoms with E-state index >= 15 is 0 Å². The number of H-pyrrole nitrogens is 1. The summed E-state index contributed by atoms with van der Waals surface area (Å²) in [6, 6.07) is 9.21. The second-order valence-corrected chi connectivity index (χ2v) is 6.09. The van der Waals surface area contributed by atoms with Crippen molar-refractivity contribution in [3.05, 3.63) is 46.6 Å². The molecule has 0 amide bonds. The Balaban J connectivity index is 2.15. The molecule has 7 heteroatoms. The van der Waals surface area contributed by atoms with Crippen molar-refractivity contribution in [3.63, 3.8) is 0 Å². The summed E-state index contributed by atoms with van der Waals surface area (Å²) in [4.78, 5) is 11.6. The summed E-state index contributed by atoms with van der Waals surface area (Å²) in [5.74, 6) is 0.619. The molecule has 5 N–H and O–H groups in total. The normalized spacial score (nSPS) is 11.4. The van der Waals surface area contributed by atoms with E-state index in [1.165, 1.54) is 0 Å². The van der Waals surface area contributed by atoms with Gasteiger partial charge < -0.3 is 16.5 Å². The number of aromatic amines is 1. The maximum Gasteiger partial charge on any atom is 0.199 e. The number of rotatable bonds is 1. The van der Waals surface area contributed by atoms with Crippen molar-refractivity contribution in [1.82, 2.24) is 15.0 Å². The number of hydrogen-bond acceptors (Lipinski definition) is 4. The Morgan fingerprint density at radius 3 is 2.48 bits per heavy atom. The lowest BCUT2D eigenvalue weighted by Gasteiger charge is -2.10. The molecule has 0 aliphatic heterocycles. The monoisotopic (exact) mass is 343 g/mol. The minimum absolute atomic E-state index is 0.254. The van der Waals surface area contributed by atoms with Crippen molar-refractivity contribution >= 4 is 56.8 Å². The fourth-order valence-corrected chi connectivity index (χ4v) is 3.36. The average molecular weight is 344 g/mol. The van der Waals surface area contributed by atoms with Crippen LogP contribution >= 0.6 is 23.2 Å². The van der Waals surface area contributed by atoms with Crippen LogP contribution in [0.1, 0.15) is 0 Å². The van der Waals surface area contributed by atoms with E-state index in [0.717, 1.165) is 32.9 Å². The van der Waals surface area contributed by atoms with E-state index in [9.17, 15) is 0 Å². The van der Waals surface area contributed by atoms with Gasteiger partial charge in [-0.3, -0.25) is 4.98 Å². The first-order chi connectivity index (χ1) is 11.0. The lowest BCUT2D eigenvalue weighted by atomic mass is 10.00.